The van der Waals surface area contributed by atoms with Crippen LogP contribution in [0.5, 0.6) is 0 Å². The number of hydrogen-bond acceptors (Lipinski definition) is 2. The zero-order valence-corrected chi connectivity index (χ0v) is 12.1. The Morgan fingerprint density at radius 3 is 2.65 bits per heavy atom. The molecule has 1 fully saturated rings. The van der Waals surface area contributed by atoms with E-state index in [1.54, 1.807) is 23.9 Å². The summed E-state index contributed by atoms with van der Waals surface area (Å²) in [4.78, 5) is 30.2. The van der Waals surface area contributed by atoms with E-state index in [-0.39, 0.29) is 17.9 Å². The number of carbonyl (C=O) groups is 2. The van der Waals surface area contributed by atoms with Gasteiger partial charge < -0.3 is 20.1 Å². The maximum Gasteiger partial charge on any atom is 0.319 e. The number of nitrogens with one attached hydrogen (secondary N) is 2. The highest BCUT2D eigenvalue weighted by Gasteiger charge is 2.27. The molecule has 1 aromatic heterocycles. The molecule has 2 rings (SSSR count). The molecule has 2 N–H and O–H groups in total. The van der Waals surface area contributed by atoms with Gasteiger partial charge in [0.15, 0.2) is 0 Å². The standard InChI is InChI=1S/C14H22N4O2/c1-17(2)14(20)18-7-4-12(5-8-18)13(19)16-10-11-3-6-15-9-11/h3,6,9,12,15H,4-5,7-8,10H2,1-2H3,(H,16,19). The minimum atomic E-state index is 0.0140. The third-order valence-corrected chi connectivity index (χ3v) is 3.65. The van der Waals surface area contributed by atoms with Gasteiger partial charge in [0, 0.05) is 52.0 Å². The van der Waals surface area contributed by atoms with E-state index in [1.165, 1.54) is 0 Å². The summed E-state index contributed by atoms with van der Waals surface area (Å²) < 4.78 is 0. The molecule has 6 nitrogen and oxygen atoms in total. The molecule has 20 heavy (non-hydrogen) atoms. The molecule has 1 aliphatic heterocycles. The van der Waals surface area contributed by atoms with E-state index in [2.05, 4.69) is 10.3 Å². The van der Waals surface area contributed by atoms with E-state index < -0.39 is 0 Å². The van der Waals surface area contributed by atoms with Gasteiger partial charge >= 0.3 is 6.03 Å². The van der Waals surface area contributed by atoms with E-state index in [0.29, 0.717) is 19.6 Å². The first-order valence-electron chi connectivity index (χ1n) is 6.93. The minimum Gasteiger partial charge on any atom is -0.367 e. The van der Waals surface area contributed by atoms with E-state index in [9.17, 15) is 9.59 Å². The number of urea groups is 1. The second-order valence-electron chi connectivity index (χ2n) is 5.38. The van der Waals surface area contributed by atoms with Crippen molar-refractivity contribution in [2.45, 2.75) is 19.4 Å². The van der Waals surface area contributed by atoms with Crippen molar-refractivity contribution in [3.05, 3.63) is 24.0 Å². The van der Waals surface area contributed by atoms with E-state index in [4.69, 9.17) is 0 Å². The highest BCUT2D eigenvalue weighted by atomic mass is 16.2. The number of H-pyrrole nitrogens is 1. The molecule has 2 heterocycles. The molecule has 6 heteroatoms. The maximum absolute atomic E-state index is 12.1. The van der Waals surface area contributed by atoms with Crippen LogP contribution in [-0.2, 0) is 11.3 Å². The van der Waals surface area contributed by atoms with E-state index in [0.717, 1.165) is 18.4 Å². The molecule has 0 bridgehead atoms. The Bertz CT molecular complexity index is 448. The fraction of sp³-hybridized carbons (Fsp3) is 0.571. The third-order valence-electron chi connectivity index (χ3n) is 3.65. The van der Waals surface area contributed by atoms with E-state index >= 15 is 0 Å². The predicted molar refractivity (Wildman–Crippen MR) is 76.0 cm³/mol. The van der Waals surface area contributed by atoms with E-state index in [1.807, 2.05) is 18.5 Å². The first-order chi connectivity index (χ1) is 9.58. The second-order valence-corrected chi connectivity index (χ2v) is 5.38. The van der Waals surface area contributed by atoms with Gasteiger partial charge in [0.05, 0.1) is 0 Å². The van der Waals surface area contributed by atoms with Crippen molar-refractivity contribution in [2.75, 3.05) is 27.2 Å². The van der Waals surface area contributed by atoms with Crippen LogP contribution in [0.4, 0.5) is 4.79 Å². The van der Waals surface area contributed by atoms with Crippen LogP contribution in [0.1, 0.15) is 18.4 Å². The Kier molecular flexibility index (Phi) is 4.65. The Balaban J connectivity index is 1.75. The lowest BCUT2D eigenvalue weighted by molar-refractivity contribution is -0.126. The lowest BCUT2D eigenvalue weighted by Gasteiger charge is -2.33. The number of likely N-dealkylation sites (tertiary alicyclic amines) is 1. The molecule has 3 amide bonds. The van der Waals surface area contributed by atoms with Crippen LogP contribution in [-0.4, -0.2) is 53.9 Å². The topological polar surface area (TPSA) is 68.4 Å². The number of aromatic nitrogens is 1. The van der Waals surface area contributed by atoms with Crippen LogP contribution in [0.2, 0.25) is 0 Å². The molecule has 0 spiro atoms. The molecule has 1 saturated heterocycles. The summed E-state index contributed by atoms with van der Waals surface area (Å²) in [5.41, 5.74) is 1.07. The quantitative estimate of drug-likeness (QED) is 0.867. The largest absolute Gasteiger partial charge is 0.367 e. The van der Waals surface area contributed by atoms with Gasteiger partial charge in [-0.05, 0) is 24.5 Å². The van der Waals surface area contributed by atoms with Crippen molar-refractivity contribution >= 4 is 11.9 Å². The molecular formula is C14H22N4O2. The van der Waals surface area contributed by atoms with Gasteiger partial charge in [0.1, 0.15) is 0 Å². The van der Waals surface area contributed by atoms with Crippen molar-refractivity contribution in [1.29, 1.82) is 0 Å². The molecular weight excluding hydrogens is 256 g/mol. The van der Waals surface area contributed by atoms with Crippen molar-refractivity contribution in [3.8, 4) is 0 Å². The third kappa shape index (κ3) is 3.53. The second kappa shape index (κ2) is 6.45. The maximum atomic E-state index is 12.1. The molecule has 0 aliphatic carbocycles. The number of carbonyl (C=O) groups excluding carboxylic acids is 2. The van der Waals surface area contributed by atoms with Crippen LogP contribution < -0.4 is 5.32 Å². The summed E-state index contributed by atoms with van der Waals surface area (Å²) in [5, 5.41) is 2.95. The lowest BCUT2D eigenvalue weighted by atomic mass is 9.96. The summed E-state index contributed by atoms with van der Waals surface area (Å²) >= 11 is 0. The van der Waals surface area contributed by atoms with Gasteiger partial charge in [-0.3, -0.25) is 4.79 Å². The zero-order chi connectivity index (χ0) is 14.5. The van der Waals surface area contributed by atoms with Gasteiger partial charge in [-0.25, -0.2) is 4.79 Å². The number of rotatable bonds is 3. The summed E-state index contributed by atoms with van der Waals surface area (Å²) in [6.45, 7) is 1.86. The zero-order valence-electron chi connectivity index (χ0n) is 12.1. The highest BCUT2D eigenvalue weighted by Crippen LogP contribution is 2.18. The fourth-order valence-corrected chi connectivity index (χ4v) is 2.42. The average Bonchev–Trinajstić information content (AvgIpc) is 2.97. The van der Waals surface area contributed by atoms with Crippen molar-refractivity contribution in [2.24, 2.45) is 5.92 Å². The van der Waals surface area contributed by atoms with Gasteiger partial charge in [-0.15, -0.1) is 0 Å². The number of piperidine rings is 1. The highest BCUT2D eigenvalue weighted by molar-refractivity contribution is 5.79. The first-order valence-corrected chi connectivity index (χ1v) is 6.93. The Hall–Kier alpha value is -1.98. The van der Waals surface area contributed by atoms with Gasteiger partial charge in [0.25, 0.3) is 0 Å². The van der Waals surface area contributed by atoms with Gasteiger partial charge in [-0.2, -0.15) is 0 Å². The lowest BCUT2D eigenvalue weighted by Crippen LogP contribution is -2.46. The molecule has 0 saturated carbocycles. The molecule has 110 valence electrons. The summed E-state index contributed by atoms with van der Waals surface area (Å²) in [7, 11) is 3.50. The van der Waals surface area contributed by atoms with Gasteiger partial charge in [0.2, 0.25) is 5.91 Å². The van der Waals surface area contributed by atoms with Crippen LogP contribution in [0.25, 0.3) is 0 Å². The minimum absolute atomic E-state index is 0.0140. The van der Waals surface area contributed by atoms with Crippen molar-refractivity contribution in [3.63, 3.8) is 0 Å². The number of nitrogens with zero attached hydrogens (tertiary/aromatic N) is 2. The average molecular weight is 278 g/mol. The summed E-state index contributed by atoms with van der Waals surface area (Å²) in [6, 6.07) is 1.97. The Labute approximate surface area is 119 Å². The molecule has 1 aromatic rings. The number of amides is 3. The number of aromatic amines is 1. The fourth-order valence-electron chi connectivity index (χ4n) is 2.42. The Morgan fingerprint density at radius 2 is 2.10 bits per heavy atom. The molecule has 0 aromatic carbocycles. The Morgan fingerprint density at radius 1 is 1.40 bits per heavy atom. The molecule has 0 radical (unpaired) electrons. The van der Waals surface area contributed by atoms with Crippen LogP contribution in [0, 0.1) is 5.92 Å². The summed E-state index contributed by atoms with van der Waals surface area (Å²) in [5.74, 6) is 0.100. The monoisotopic (exact) mass is 278 g/mol. The van der Waals surface area contributed by atoms with Crippen molar-refractivity contribution < 1.29 is 9.59 Å². The normalized spacial score (nSPS) is 16.0. The van der Waals surface area contributed by atoms with Crippen LogP contribution in [0.15, 0.2) is 18.5 Å². The molecule has 0 unspecified atom stereocenters. The smallest absolute Gasteiger partial charge is 0.319 e. The van der Waals surface area contributed by atoms with Crippen LogP contribution >= 0.6 is 0 Å². The van der Waals surface area contributed by atoms with Gasteiger partial charge in [-0.1, -0.05) is 0 Å². The van der Waals surface area contributed by atoms with Crippen LogP contribution in [0.3, 0.4) is 0 Å². The van der Waals surface area contributed by atoms with Crippen molar-refractivity contribution in [1.82, 2.24) is 20.1 Å². The molecule has 0 atom stereocenters. The predicted octanol–water partition coefficient (Wildman–Crippen LogP) is 1.02. The SMILES string of the molecule is CN(C)C(=O)N1CCC(C(=O)NCc2cc[nH]c2)CC1. The summed E-state index contributed by atoms with van der Waals surface area (Å²) in [6.07, 6.45) is 5.18. The molecule has 1 aliphatic rings. The first kappa shape index (κ1) is 14.4. The number of hydrogen-bond donors (Lipinski definition) is 2.